The van der Waals surface area contributed by atoms with Crippen LogP contribution in [0.25, 0.3) is 0 Å². The third-order valence-corrected chi connectivity index (χ3v) is 5.23. The van der Waals surface area contributed by atoms with Crippen LogP contribution in [0.1, 0.15) is 43.4 Å². The largest absolute Gasteiger partial charge is 0.489 e. The average Bonchev–Trinajstić information content (AvgIpc) is 3.19. The van der Waals surface area contributed by atoms with Gasteiger partial charge in [-0.05, 0) is 56.0 Å². The summed E-state index contributed by atoms with van der Waals surface area (Å²) in [7, 11) is 0. The summed E-state index contributed by atoms with van der Waals surface area (Å²) < 4.78 is 5.95. The Morgan fingerprint density at radius 3 is 2.55 bits per heavy atom. The van der Waals surface area contributed by atoms with Crippen LogP contribution >= 0.6 is 0 Å². The van der Waals surface area contributed by atoms with Crippen LogP contribution in [0, 0.1) is 6.92 Å². The minimum atomic E-state index is -0.0318. The molecule has 1 aliphatic heterocycles. The molecule has 6 heteroatoms. The van der Waals surface area contributed by atoms with E-state index in [1.807, 2.05) is 49.1 Å². The van der Waals surface area contributed by atoms with Gasteiger partial charge < -0.3 is 20.3 Å². The summed E-state index contributed by atoms with van der Waals surface area (Å²) in [6.45, 7) is 9.59. The number of rotatable bonds is 9. The lowest BCUT2D eigenvalue weighted by Gasteiger charge is -2.17. The summed E-state index contributed by atoms with van der Waals surface area (Å²) in [5.41, 5.74) is 3.70. The predicted molar refractivity (Wildman–Crippen MR) is 125 cm³/mol. The zero-order valence-electron chi connectivity index (χ0n) is 18.9. The molecule has 0 spiro atoms. The van der Waals surface area contributed by atoms with Gasteiger partial charge in [-0.3, -0.25) is 4.79 Å². The van der Waals surface area contributed by atoms with Crippen molar-refractivity contribution < 1.29 is 9.53 Å². The quantitative estimate of drug-likeness (QED) is 0.368. The maximum absolute atomic E-state index is 12.5. The lowest BCUT2D eigenvalue weighted by Crippen LogP contribution is -2.39. The van der Waals surface area contributed by atoms with Crippen molar-refractivity contribution in [1.82, 2.24) is 15.5 Å². The van der Waals surface area contributed by atoms with Crippen LogP contribution in [0.3, 0.4) is 0 Å². The van der Waals surface area contributed by atoms with Crippen LogP contribution in [0.2, 0.25) is 0 Å². The Morgan fingerprint density at radius 1 is 1.13 bits per heavy atom. The molecule has 0 aliphatic carbocycles. The normalized spacial score (nSPS) is 14.2. The fourth-order valence-electron chi connectivity index (χ4n) is 3.63. The predicted octanol–water partition coefficient (Wildman–Crippen LogP) is 3.64. The van der Waals surface area contributed by atoms with E-state index < -0.39 is 0 Å². The molecular weight excluding hydrogens is 388 g/mol. The van der Waals surface area contributed by atoms with E-state index in [1.54, 1.807) is 0 Å². The molecule has 2 N–H and O–H groups in total. The third kappa shape index (κ3) is 7.02. The van der Waals surface area contributed by atoms with Gasteiger partial charge in [0.15, 0.2) is 5.96 Å². The Bertz CT molecular complexity index is 872. The van der Waals surface area contributed by atoms with Crippen molar-refractivity contribution in [2.75, 3.05) is 19.6 Å². The number of hydrogen-bond acceptors (Lipinski definition) is 3. The number of benzene rings is 2. The van der Waals surface area contributed by atoms with Gasteiger partial charge in [0.05, 0.1) is 6.54 Å². The molecule has 6 nitrogen and oxygen atoms in total. The van der Waals surface area contributed by atoms with E-state index in [2.05, 4.69) is 40.7 Å². The molecule has 1 atom stereocenters. The number of aliphatic imine (C=N–C) groups is 1. The molecule has 0 bridgehead atoms. The third-order valence-electron chi connectivity index (χ3n) is 5.23. The van der Waals surface area contributed by atoms with E-state index in [9.17, 15) is 4.79 Å². The number of ether oxygens (including phenoxy) is 1. The standard InChI is InChI=1S/C25H34N4O2/c1-4-26-25(28-16-20(3)31-23-12-7-9-19(2)15-23)27-14-8-13-24(30)29-17-21-10-5-6-11-22(21)18-29/h5-7,9-12,15,20H,4,8,13-14,16-18H2,1-3H3,(H2,26,27,28). The number of carbonyl (C=O) groups excluding carboxylic acids is 1. The first-order chi connectivity index (χ1) is 15.0. The highest BCUT2D eigenvalue weighted by Gasteiger charge is 2.22. The van der Waals surface area contributed by atoms with Gasteiger partial charge >= 0.3 is 0 Å². The summed E-state index contributed by atoms with van der Waals surface area (Å²) >= 11 is 0. The smallest absolute Gasteiger partial charge is 0.223 e. The van der Waals surface area contributed by atoms with Crippen LogP contribution in [0.4, 0.5) is 0 Å². The molecule has 1 amide bonds. The number of aryl methyl sites for hydroxylation is 1. The van der Waals surface area contributed by atoms with Crippen molar-refractivity contribution in [1.29, 1.82) is 0 Å². The highest BCUT2D eigenvalue weighted by Crippen LogP contribution is 2.22. The number of carbonyl (C=O) groups is 1. The van der Waals surface area contributed by atoms with E-state index in [4.69, 9.17) is 4.74 Å². The van der Waals surface area contributed by atoms with Crippen LogP contribution in [-0.4, -0.2) is 42.5 Å². The summed E-state index contributed by atoms with van der Waals surface area (Å²) in [5.74, 6) is 1.83. The van der Waals surface area contributed by atoms with Crippen LogP contribution in [0.5, 0.6) is 5.75 Å². The van der Waals surface area contributed by atoms with E-state index in [0.29, 0.717) is 19.5 Å². The maximum atomic E-state index is 12.5. The molecule has 0 aromatic heterocycles. The molecule has 1 unspecified atom stereocenters. The van der Waals surface area contributed by atoms with Crippen molar-refractivity contribution in [3.63, 3.8) is 0 Å². The SMILES string of the molecule is CCNC(=NCC(C)Oc1cccc(C)c1)NCCCC(=O)N1Cc2ccccc2C1. The van der Waals surface area contributed by atoms with E-state index in [0.717, 1.165) is 37.8 Å². The summed E-state index contributed by atoms with van der Waals surface area (Å²) in [4.78, 5) is 19.1. The van der Waals surface area contributed by atoms with Crippen molar-refractivity contribution in [3.05, 3.63) is 65.2 Å². The zero-order chi connectivity index (χ0) is 22.1. The second kappa shape index (κ2) is 11.4. The summed E-state index contributed by atoms with van der Waals surface area (Å²) in [5, 5.41) is 6.58. The molecule has 2 aromatic rings. The average molecular weight is 423 g/mol. The lowest BCUT2D eigenvalue weighted by molar-refractivity contribution is -0.131. The molecular formula is C25H34N4O2. The lowest BCUT2D eigenvalue weighted by atomic mass is 10.1. The van der Waals surface area contributed by atoms with Gasteiger partial charge in [0.2, 0.25) is 5.91 Å². The molecule has 0 radical (unpaired) electrons. The molecule has 31 heavy (non-hydrogen) atoms. The van der Waals surface area contributed by atoms with Gasteiger partial charge in [-0.2, -0.15) is 0 Å². The van der Waals surface area contributed by atoms with Gasteiger partial charge in [0.1, 0.15) is 11.9 Å². The van der Waals surface area contributed by atoms with E-state index in [-0.39, 0.29) is 12.0 Å². The molecule has 166 valence electrons. The second-order valence-electron chi connectivity index (χ2n) is 8.01. The zero-order valence-corrected chi connectivity index (χ0v) is 18.9. The fraction of sp³-hybridized carbons (Fsp3) is 0.440. The minimum Gasteiger partial charge on any atom is -0.489 e. The minimum absolute atomic E-state index is 0.0318. The van der Waals surface area contributed by atoms with E-state index in [1.165, 1.54) is 16.7 Å². The first-order valence-corrected chi connectivity index (χ1v) is 11.1. The number of nitrogens with one attached hydrogen (secondary N) is 2. The number of fused-ring (bicyclic) bond motifs is 1. The van der Waals surface area contributed by atoms with Crippen LogP contribution in [0.15, 0.2) is 53.5 Å². The van der Waals surface area contributed by atoms with Gasteiger partial charge in [-0.15, -0.1) is 0 Å². The van der Waals surface area contributed by atoms with E-state index >= 15 is 0 Å². The molecule has 1 aliphatic rings. The van der Waals surface area contributed by atoms with Gasteiger partial charge in [-0.1, -0.05) is 36.4 Å². The van der Waals surface area contributed by atoms with Gasteiger partial charge in [0, 0.05) is 32.6 Å². The molecule has 0 saturated carbocycles. The molecule has 2 aromatic carbocycles. The second-order valence-corrected chi connectivity index (χ2v) is 8.01. The number of nitrogens with zero attached hydrogens (tertiary/aromatic N) is 2. The Balaban J connectivity index is 1.39. The Hall–Kier alpha value is -3.02. The molecule has 0 saturated heterocycles. The molecule has 3 rings (SSSR count). The first-order valence-electron chi connectivity index (χ1n) is 11.1. The van der Waals surface area contributed by atoms with Crippen molar-refractivity contribution in [2.45, 2.75) is 52.8 Å². The van der Waals surface area contributed by atoms with Crippen molar-refractivity contribution >= 4 is 11.9 Å². The Labute approximate surface area is 185 Å². The monoisotopic (exact) mass is 422 g/mol. The first kappa shape index (κ1) is 22.7. The van der Waals surface area contributed by atoms with Crippen LogP contribution < -0.4 is 15.4 Å². The highest BCUT2D eigenvalue weighted by molar-refractivity contribution is 5.80. The van der Waals surface area contributed by atoms with Crippen LogP contribution in [-0.2, 0) is 17.9 Å². The summed E-state index contributed by atoms with van der Waals surface area (Å²) in [6.07, 6.45) is 1.27. The Kier molecular flexibility index (Phi) is 8.33. The summed E-state index contributed by atoms with van der Waals surface area (Å²) in [6, 6.07) is 16.3. The fourth-order valence-corrected chi connectivity index (χ4v) is 3.63. The van der Waals surface area contributed by atoms with Crippen molar-refractivity contribution in [2.24, 2.45) is 4.99 Å². The maximum Gasteiger partial charge on any atom is 0.223 e. The van der Waals surface area contributed by atoms with Gasteiger partial charge in [0.25, 0.3) is 0 Å². The topological polar surface area (TPSA) is 66.0 Å². The number of amides is 1. The number of guanidine groups is 1. The molecule has 1 heterocycles. The highest BCUT2D eigenvalue weighted by atomic mass is 16.5. The number of hydrogen-bond donors (Lipinski definition) is 2. The van der Waals surface area contributed by atoms with Crippen molar-refractivity contribution in [3.8, 4) is 5.75 Å². The Morgan fingerprint density at radius 2 is 1.87 bits per heavy atom. The molecule has 0 fully saturated rings. The van der Waals surface area contributed by atoms with Gasteiger partial charge in [-0.25, -0.2) is 4.99 Å².